The van der Waals surface area contributed by atoms with Gasteiger partial charge in [0.25, 0.3) is 0 Å². The summed E-state index contributed by atoms with van der Waals surface area (Å²) in [6.07, 6.45) is 1.92. The van der Waals surface area contributed by atoms with Crippen LogP contribution in [0.1, 0.15) is 23.8 Å². The van der Waals surface area contributed by atoms with E-state index in [4.69, 9.17) is 10.5 Å². The van der Waals surface area contributed by atoms with Gasteiger partial charge in [-0.2, -0.15) is 0 Å². The first-order chi connectivity index (χ1) is 7.68. The normalized spacial score (nSPS) is 26.9. The van der Waals surface area contributed by atoms with Crippen LogP contribution in [-0.2, 0) is 4.74 Å². The highest BCUT2D eigenvalue weighted by Crippen LogP contribution is 2.39. The molecule has 0 amide bonds. The van der Waals surface area contributed by atoms with E-state index < -0.39 is 6.10 Å². The lowest BCUT2D eigenvalue weighted by Gasteiger charge is -2.30. The largest absolute Gasteiger partial charge is 0.386 e. The Hall–Kier alpha value is -0.970. The van der Waals surface area contributed by atoms with E-state index >= 15 is 0 Å². The van der Waals surface area contributed by atoms with Gasteiger partial charge in [0.15, 0.2) is 0 Å². The Bertz CT molecular complexity index is 345. The fraction of sp³-hybridized carbons (Fsp3) is 0.583. The number of hydrogen-bond donors (Lipinski definition) is 2. The number of nitrogens with two attached hydrogens (primary N) is 1. The van der Waals surface area contributed by atoms with Gasteiger partial charge in [0.2, 0.25) is 0 Å². The van der Waals surface area contributed by atoms with Crippen LogP contribution < -0.4 is 5.73 Å². The first kappa shape index (κ1) is 11.5. The van der Waals surface area contributed by atoms with Crippen LogP contribution in [0.3, 0.4) is 0 Å². The van der Waals surface area contributed by atoms with Gasteiger partial charge in [-0.15, -0.1) is 0 Å². The van der Waals surface area contributed by atoms with Crippen LogP contribution >= 0.6 is 0 Å². The third-order valence-corrected chi connectivity index (χ3v) is 3.33. The van der Waals surface area contributed by atoms with Gasteiger partial charge in [-0.1, -0.05) is 6.07 Å². The number of aliphatic hydroxyl groups excluding tert-OH is 1. The number of hydrogen-bond acceptors (Lipinski definition) is 4. The zero-order valence-electron chi connectivity index (χ0n) is 9.52. The molecule has 2 rings (SSSR count). The van der Waals surface area contributed by atoms with Crippen molar-refractivity contribution in [2.45, 2.75) is 19.4 Å². The van der Waals surface area contributed by atoms with E-state index in [0.717, 1.165) is 12.0 Å². The van der Waals surface area contributed by atoms with Crippen molar-refractivity contribution < 1.29 is 9.84 Å². The van der Waals surface area contributed by atoms with Crippen LogP contribution in [0.25, 0.3) is 0 Å². The summed E-state index contributed by atoms with van der Waals surface area (Å²) in [5, 5.41) is 10.3. The molecule has 1 saturated heterocycles. The van der Waals surface area contributed by atoms with Crippen LogP contribution in [0, 0.1) is 12.3 Å². The van der Waals surface area contributed by atoms with Gasteiger partial charge in [-0.05, 0) is 25.0 Å². The molecule has 1 aliphatic rings. The monoisotopic (exact) mass is 222 g/mol. The number of aliphatic hydroxyl groups is 1. The smallest absolute Gasteiger partial charge is 0.105 e. The number of aromatic nitrogens is 1. The maximum Gasteiger partial charge on any atom is 0.105 e. The van der Waals surface area contributed by atoms with Crippen LogP contribution in [0.4, 0.5) is 0 Å². The fourth-order valence-corrected chi connectivity index (χ4v) is 2.07. The average Bonchev–Trinajstić information content (AvgIpc) is 2.79. The van der Waals surface area contributed by atoms with Gasteiger partial charge in [0.05, 0.1) is 12.3 Å². The molecule has 1 aliphatic heterocycles. The van der Waals surface area contributed by atoms with Gasteiger partial charge in [0, 0.05) is 24.8 Å². The summed E-state index contributed by atoms with van der Waals surface area (Å²) in [5.41, 5.74) is 7.18. The molecule has 88 valence electrons. The van der Waals surface area contributed by atoms with Gasteiger partial charge in [-0.25, -0.2) is 0 Å². The Kier molecular flexibility index (Phi) is 3.23. The lowest BCUT2D eigenvalue weighted by Crippen LogP contribution is -2.37. The third kappa shape index (κ3) is 1.96. The van der Waals surface area contributed by atoms with Crippen molar-refractivity contribution in [3.05, 3.63) is 29.6 Å². The number of aryl methyl sites for hydroxylation is 1. The summed E-state index contributed by atoms with van der Waals surface area (Å²) < 4.78 is 5.35. The highest BCUT2D eigenvalue weighted by Gasteiger charge is 2.41. The Morgan fingerprint density at radius 3 is 2.94 bits per heavy atom. The third-order valence-electron chi connectivity index (χ3n) is 3.33. The molecule has 0 radical (unpaired) electrons. The van der Waals surface area contributed by atoms with Crippen LogP contribution in [0.5, 0.6) is 0 Å². The lowest BCUT2D eigenvalue weighted by molar-refractivity contribution is 0.0162. The predicted molar refractivity (Wildman–Crippen MR) is 60.9 cm³/mol. The molecule has 1 aromatic rings. The van der Waals surface area contributed by atoms with E-state index in [0.29, 0.717) is 25.5 Å². The summed E-state index contributed by atoms with van der Waals surface area (Å²) in [7, 11) is 0. The summed E-state index contributed by atoms with van der Waals surface area (Å²) in [4.78, 5) is 4.25. The SMILES string of the molecule is Cc1ccc(C(O)C2(CN)CCOC2)nc1. The molecular formula is C12H18N2O2. The first-order valence-corrected chi connectivity index (χ1v) is 5.56. The van der Waals surface area contributed by atoms with Crippen LogP contribution in [-0.4, -0.2) is 29.8 Å². The molecule has 1 aromatic heterocycles. The second kappa shape index (κ2) is 4.49. The summed E-state index contributed by atoms with van der Waals surface area (Å²) in [6.45, 7) is 3.57. The molecule has 4 nitrogen and oxygen atoms in total. The Labute approximate surface area is 95.4 Å². The van der Waals surface area contributed by atoms with Crippen molar-refractivity contribution in [2.24, 2.45) is 11.1 Å². The minimum Gasteiger partial charge on any atom is -0.386 e. The second-order valence-corrected chi connectivity index (χ2v) is 4.53. The van der Waals surface area contributed by atoms with Gasteiger partial charge in [0.1, 0.15) is 6.10 Å². The quantitative estimate of drug-likeness (QED) is 0.793. The second-order valence-electron chi connectivity index (χ2n) is 4.53. The highest BCUT2D eigenvalue weighted by molar-refractivity contribution is 5.16. The number of rotatable bonds is 3. The molecule has 3 N–H and O–H groups in total. The van der Waals surface area contributed by atoms with Crippen molar-refractivity contribution >= 4 is 0 Å². The van der Waals surface area contributed by atoms with E-state index in [-0.39, 0.29) is 5.41 Å². The number of nitrogens with zero attached hydrogens (tertiary/aromatic N) is 1. The fourth-order valence-electron chi connectivity index (χ4n) is 2.07. The van der Waals surface area contributed by atoms with Gasteiger partial charge < -0.3 is 15.6 Å². The molecule has 0 spiro atoms. The molecule has 2 atom stereocenters. The Morgan fingerprint density at radius 1 is 1.62 bits per heavy atom. The average molecular weight is 222 g/mol. The summed E-state index contributed by atoms with van der Waals surface area (Å²) in [5.74, 6) is 0. The van der Waals surface area contributed by atoms with Gasteiger partial charge >= 0.3 is 0 Å². The molecule has 2 heterocycles. The summed E-state index contributed by atoms with van der Waals surface area (Å²) >= 11 is 0. The molecule has 2 unspecified atom stereocenters. The van der Waals surface area contributed by atoms with Crippen molar-refractivity contribution in [1.29, 1.82) is 0 Å². The minimum atomic E-state index is -0.638. The number of ether oxygens (including phenoxy) is 1. The first-order valence-electron chi connectivity index (χ1n) is 5.56. The Morgan fingerprint density at radius 2 is 2.44 bits per heavy atom. The topological polar surface area (TPSA) is 68.4 Å². The van der Waals surface area contributed by atoms with E-state index in [1.807, 2.05) is 19.1 Å². The highest BCUT2D eigenvalue weighted by atomic mass is 16.5. The molecule has 0 aromatic carbocycles. The molecule has 0 saturated carbocycles. The summed E-state index contributed by atoms with van der Waals surface area (Å²) in [6, 6.07) is 3.81. The van der Waals surface area contributed by atoms with Crippen LogP contribution in [0.15, 0.2) is 18.3 Å². The van der Waals surface area contributed by atoms with Crippen molar-refractivity contribution in [1.82, 2.24) is 4.98 Å². The zero-order valence-corrected chi connectivity index (χ0v) is 9.52. The minimum absolute atomic E-state index is 0.359. The molecule has 4 heteroatoms. The van der Waals surface area contributed by atoms with E-state index in [1.165, 1.54) is 0 Å². The lowest BCUT2D eigenvalue weighted by atomic mass is 9.80. The molecule has 0 aliphatic carbocycles. The molecular weight excluding hydrogens is 204 g/mol. The maximum atomic E-state index is 10.3. The van der Waals surface area contributed by atoms with Crippen LogP contribution in [0.2, 0.25) is 0 Å². The maximum absolute atomic E-state index is 10.3. The predicted octanol–water partition coefficient (Wildman–Crippen LogP) is 0.789. The zero-order chi connectivity index (χ0) is 11.6. The van der Waals surface area contributed by atoms with Crippen molar-refractivity contribution in [3.8, 4) is 0 Å². The number of pyridine rings is 1. The van der Waals surface area contributed by atoms with E-state index in [1.54, 1.807) is 6.20 Å². The van der Waals surface area contributed by atoms with E-state index in [9.17, 15) is 5.11 Å². The molecule has 0 bridgehead atoms. The Balaban J connectivity index is 2.23. The van der Waals surface area contributed by atoms with Gasteiger partial charge in [-0.3, -0.25) is 4.98 Å². The van der Waals surface area contributed by atoms with Crippen molar-refractivity contribution in [3.63, 3.8) is 0 Å². The van der Waals surface area contributed by atoms with E-state index in [2.05, 4.69) is 4.98 Å². The van der Waals surface area contributed by atoms with Crippen molar-refractivity contribution in [2.75, 3.05) is 19.8 Å². The molecule has 16 heavy (non-hydrogen) atoms. The standard InChI is InChI=1S/C12H18N2O2/c1-9-2-3-10(14-6-9)11(15)12(7-13)4-5-16-8-12/h2-3,6,11,15H,4-5,7-8,13H2,1H3. The molecule has 1 fully saturated rings.